The first kappa shape index (κ1) is 22.0. The van der Waals surface area contributed by atoms with Crippen molar-refractivity contribution in [3.63, 3.8) is 0 Å². The van der Waals surface area contributed by atoms with Crippen molar-refractivity contribution in [1.29, 1.82) is 0 Å². The smallest absolute Gasteiger partial charge is 0.193 e. The Morgan fingerprint density at radius 3 is 2.31 bits per heavy atom. The number of ether oxygens (including phenoxy) is 2. The van der Waals surface area contributed by atoms with Crippen LogP contribution < -0.4 is 20.5 Å². The van der Waals surface area contributed by atoms with Crippen molar-refractivity contribution in [2.24, 2.45) is 10.7 Å². The molecule has 0 fully saturated rings. The van der Waals surface area contributed by atoms with Gasteiger partial charge in [-0.05, 0) is 43.9 Å². The third-order valence-corrected chi connectivity index (χ3v) is 3.90. The Bertz CT molecular complexity index is 705. The summed E-state index contributed by atoms with van der Waals surface area (Å²) >= 11 is 0. The van der Waals surface area contributed by atoms with E-state index in [1.54, 1.807) is 14.2 Å². The number of aliphatic imine (C=N–C) groups is 1. The number of hydrogen-bond donors (Lipinski definition) is 2. The fraction of sp³-hybridized carbons (Fsp3) is 0.316. The summed E-state index contributed by atoms with van der Waals surface area (Å²) in [6.45, 7) is 0.544. The van der Waals surface area contributed by atoms with E-state index in [1.807, 2.05) is 62.6 Å². The van der Waals surface area contributed by atoms with Gasteiger partial charge in [0.1, 0.15) is 11.5 Å². The molecule has 0 aliphatic heterocycles. The first-order chi connectivity index (χ1) is 12.0. The molecule has 26 heavy (non-hydrogen) atoms. The molecule has 142 valence electrons. The molecule has 0 bridgehead atoms. The molecule has 0 aliphatic rings. The van der Waals surface area contributed by atoms with Gasteiger partial charge in [-0.2, -0.15) is 0 Å². The van der Waals surface area contributed by atoms with E-state index in [4.69, 9.17) is 15.2 Å². The fourth-order valence-electron chi connectivity index (χ4n) is 2.47. The van der Waals surface area contributed by atoms with E-state index < -0.39 is 0 Å². The lowest BCUT2D eigenvalue weighted by Crippen LogP contribution is -2.27. The van der Waals surface area contributed by atoms with Gasteiger partial charge in [-0.1, -0.05) is 18.2 Å². The summed E-state index contributed by atoms with van der Waals surface area (Å²) in [4.78, 5) is 6.60. The normalized spacial score (nSPS) is 12.3. The van der Waals surface area contributed by atoms with Crippen molar-refractivity contribution in [3.05, 3.63) is 54.1 Å². The summed E-state index contributed by atoms with van der Waals surface area (Å²) in [6, 6.07) is 15.7. The van der Waals surface area contributed by atoms with Gasteiger partial charge in [0.05, 0.1) is 26.8 Å². The molecule has 1 atom stereocenters. The highest BCUT2D eigenvalue weighted by atomic mass is 127. The van der Waals surface area contributed by atoms with Gasteiger partial charge in [0.2, 0.25) is 0 Å². The highest BCUT2D eigenvalue weighted by molar-refractivity contribution is 14.0. The maximum absolute atomic E-state index is 6.03. The van der Waals surface area contributed by atoms with Crippen LogP contribution in [0.4, 0.5) is 5.69 Å². The van der Waals surface area contributed by atoms with Gasteiger partial charge in [-0.3, -0.25) is 4.99 Å². The number of guanidine groups is 1. The predicted octanol–water partition coefficient (Wildman–Crippen LogP) is 3.35. The van der Waals surface area contributed by atoms with Crippen LogP contribution in [0.25, 0.3) is 0 Å². The standard InChI is InChI=1S/C19H26N4O2.HI/c1-23(2)18(14-8-10-16(24-3)11-9-14)13-21-19(20)22-15-6-5-7-17(12-15)25-4;/h5-12,18H,13H2,1-4H3,(H3,20,21,22);1H. The van der Waals surface area contributed by atoms with Crippen molar-refractivity contribution < 1.29 is 9.47 Å². The van der Waals surface area contributed by atoms with E-state index in [1.165, 1.54) is 0 Å². The highest BCUT2D eigenvalue weighted by Gasteiger charge is 2.14. The van der Waals surface area contributed by atoms with Gasteiger partial charge in [-0.25, -0.2) is 0 Å². The molecular formula is C19H27IN4O2. The van der Waals surface area contributed by atoms with Crippen LogP contribution in [0, 0.1) is 0 Å². The Morgan fingerprint density at radius 2 is 1.73 bits per heavy atom. The van der Waals surface area contributed by atoms with E-state index in [9.17, 15) is 0 Å². The van der Waals surface area contributed by atoms with Gasteiger partial charge < -0.3 is 25.4 Å². The van der Waals surface area contributed by atoms with E-state index in [2.05, 4.69) is 15.2 Å². The van der Waals surface area contributed by atoms with Crippen LogP contribution in [-0.2, 0) is 0 Å². The zero-order valence-electron chi connectivity index (χ0n) is 15.6. The molecule has 0 heterocycles. The number of halogens is 1. The summed E-state index contributed by atoms with van der Waals surface area (Å²) < 4.78 is 10.4. The molecule has 0 spiro atoms. The van der Waals surface area contributed by atoms with E-state index in [0.29, 0.717) is 12.5 Å². The first-order valence-electron chi connectivity index (χ1n) is 8.05. The topological polar surface area (TPSA) is 72.1 Å². The van der Waals surface area contributed by atoms with Gasteiger partial charge in [0, 0.05) is 11.8 Å². The number of benzene rings is 2. The van der Waals surface area contributed by atoms with Crippen molar-refractivity contribution in [2.45, 2.75) is 6.04 Å². The maximum Gasteiger partial charge on any atom is 0.193 e. The molecule has 3 N–H and O–H groups in total. The molecule has 0 aromatic heterocycles. The Morgan fingerprint density at radius 1 is 1.08 bits per heavy atom. The van der Waals surface area contributed by atoms with Crippen molar-refractivity contribution in [3.8, 4) is 11.5 Å². The van der Waals surface area contributed by atoms with E-state index in [0.717, 1.165) is 22.7 Å². The first-order valence-corrected chi connectivity index (χ1v) is 8.05. The fourth-order valence-corrected chi connectivity index (χ4v) is 2.47. The molecule has 1 unspecified atom stereocenters. The molecule has 0 aliphatic carbocycles. The second-order valence-electron chi connectivity index (χ2n) is 5.84. The van der Waals surface area contributed by atoms with Gasteiger partial charge >= 0.3 is 0 Å². The zero-order valence-corrected chi connectivity index (χ0v) is 17.9. The van der Waals surface area contributed by atoms with Crippen LogP contribution in [0.2, 0.25) is 0 Å². The molecule has 0 saturated carbocycles. The molecule has 6 nitrogen and oxygen atoms in total. The number of methoxy groups -OCH3 is 2. The van der Waals surface area contributed by atoms with Crippen molar-refractivity contribution in [1.82, 2.24) is 4.90 Å². The second kappa shape index (κ2) is 10.9. The van der Waals surface area contributed by atoms with Crippen LogP contribution in [0.3, 0.4) is 0 Å². The lowest BCUT2D eigenvalue weighted by Gasteiger charge is -2.23. The number of rotatable bonds is 7. The monoisotopic (exact) mass is 470 g/mol. The zero-order chi connectivity index (χ0) is 18.2. The van der Waals surface area contributed by atoms with E-state index in [-0.39, 0.29) is 30.0 Å². The minimum Gasteiger partial charge on any atom is -0.497 e. The molecule has 2 rings (SSSR count). The average Bonchev–Trinajstić information content (AvgIpc) is 2.62. The number of nitrogens with zero attached hydrogens (tertiary/aromatic N) is 2. The van der Waals surface area contributed by atoms with Gasteiger partial charge in [0.25, 0.3) is 0 Å². The molecule has 0 saturated heterocycles. The summed E-state index contributed by atoms with van der Waals surface area (Å²) in [5.41, 5.74) is 8.02. The lowest BCUT2D eigenvalue weighted by molar-refractivity contribution is 0.306. The molecule has 2 aromatic carbocycles. The molecule has 0 amide bonds. The number of nitrogens with one attached hydrogen (secondary N) is 1. The average molecular weight is 470 g/mol. The lowest BCUT2D eigenvalue weighted by atomic mass is 10.1. The Hall–Kier alpha value is -2.00. The third kappa shape index (κ3) is 6.38. The van der Waals surface area contributed by atoms with Crippen molar-refractivity contribution in [2.75, 3.05) is 40.2 Å². The summed E-state index contributed by atoms with van der Waals surface area (Å²) in [6.07, 6.45) is 0. The quantitative estimate of drug-likeness (QED) is 0.369. The second-order valence-corrected chi connectivity index (χ2v) is 5.84. The number of hydrogen-bond acceptors (Lipinski definition) is 4. The number of anilines is 1. The molecule has 7 heteroatoms. The Kier molecular flexibility index (Phi) is 9.22. The SMILES string of the molecule is COc1ccc(C(CN=C(N)Nc2cccc(OC)c2)N(C)C)cc1.I. The van der Waals surface area contributed by atoms with E-state index >= 15 is 0 Å². The predicted molar refractivity (Wildman–Crippen MR) is 118 cm³/mol. The van der Waals surface area contributed by atoms with Gasteiger partial charge in [-0.15, -0.1) is 24.0 Å². The minimum absolute atomic E-state index is 0. The minimum atomic E-state index is 0. The third-order valence-electron chi connectivity index (χ3n) is 3.90. The molecular weight excluding hydrogens is 443 g/mol. The number of likely N-dealkylation sites (N-methyl/N-ethyl adjacent to an activating group) is 1. The number of nitrogens with two attached hydrogens (primary N) is 1. The molecule has 0 radical (unpaired) electrons. The summed E-state index contributed by atoms with van der Waals surface area (Å²) in [5, 5.41) is 3.09. The Balaban J connectivity index is 0.00000338. The van der Waals surface area contributed by atoms with Crippen LogP contribution in [-0.4, -0.2) is 45.7 Å². The maximum atomic E-state index is 6.03. The molecule has 2 aromatic rings. The largest absolute Gasteiger partial charge is 0.497 e. The van der Waals surface area contributed by atoms with Crippen LogP contribution >= 0.6 is 24.0 Å². The summed E-state index contributed by atoms with van der Waals surface area (Å²) in [7, 11) is 7.34. The Labute approximate surface area is 172 Å². The van der Waals surface area contributed by atoms with Crippen LogP contribution in [0.15, 0.2) is 53.5 Å². The van der Waals surface area contributed by atoms with Crippen molar-refractivity contribution >= 4 is 35.6 Å². The van der Waals surface area contributed by atoms with Gasteiger partial charge in [0.15, 0.2) is 5.96 Å². The van der Waals surface area contributed by atoms with Crippen LogP contribution in [0.5, 0.6) is 11.5 Å². The van der Waals surface area contributed by atoms with Crippen LogP contribution in [0.1, 0.15) is 11.6 Å². The summed E-state index contributed by atoms with van der Waals surface area (Å²) in [5.74, 6) is 1.97. The highest BCUT2D eigenvalue weighted by Crippen LogP contribution is 2.22.